The van der Waals surface area contributed by atoms with Crippen LogP contribution in [0, 0.1) is 11.7 Å². The third-order valence-electron chi connectivity index (χ3n) is 3.72. The minimum atomic E-state index is -0.186. The number of anilines is 1. The fourth-order valence-electron chi connectivity index (χ4n) is 2.22. The zero-order valence-corrected chi connectivity index (χ0v) is 12.5. The van der Waals surface area contributed by atoms with Crippen LogP contribution in [0.2, 0.25) is 0 Å². The Morgan fingerprint density at radius 1 is 1.11 bits per heavy atom. The average molecular weight is 266 g/mol. The molecule has 1 N–H and O–H groups in total. The third kappa shape index (κ3) is 6.06. The van der Waals surface area contributed by atoms with Gasteiger partial charge in [0.05, 0.1) is 0 Å². The number of likely N-dealkylation sites (N-methyl/N-ethyl adjacent to an activating group) is 1. The quantitative estimate of drug-likeness (QED) is 0.727. The van der Waals surface area contributed by atoms with E-state index in [1.54, 1.807) is 12.1 Å². The number of rotatable bonds is 9. The predicted molar refractivity (Wildman–Crippen MR) is 81.1 cm³/mol. The maximum Gasteiger partial charge on any atom is 0.123 e. The van der Waals surface area contributed by atoms with Gasteiger partial charge in [-0.3, -0.25) is 0 Å². The highest BCUT2D eigenvalue weighted by molar-refractivity contribution is 5.42. The van der Waals surface area contributed by atoms with Gasteiger partial charge in [0.1, 0.15) is 5.82 Å². The standard InChI is InChI=1S/C16H27FN2/c1-4-14(5-2)13-19(6-3)12-11-18-16-9-7-15(17)8-10-16/h7-10,14,18H,4-6,11-13H2,1-3H3. The molecule has 108 valence electrons. The number of benzene rings is 1. The number of hydrogen-bond donors (Lipinski definition) is 1. The Morgan fingerprint density at radius 2 is 1.74 bits per heavy atom. The lowest BCUT2D eigenvalue weighted by atomic mass is 10.0. The van der Waals surface area contributed by atoms with Crippen molar-refractivity contribution in [2.24, 2.45) is 5.92 Å². The lowest BCUT2D eigenvalue weighted by molar-refractivity contribution is 0.241. The molecule has 19 heavy (non-hydrogen) atoms. The summed E-state index contributed by atoms with van der Waals surface area (Å²) in [5, 5.41) is 3.34. The van der Waals surface area contributed by atoms with E-state index >= 15 is 0 Å². The van der Waals surface area contributed by atoms with E-state index in [2.05, 4.69) is 31.0 Å². The van der Waals surface area contributed by atoms with Gasteiger partial charge in [0, 0.05) is 25.3 Å². The van der Waals surface area contributed by atoms with Crippen LogP contribution in [0.15, 0.2) is 24.3 Å². The smallest absolute Gasteiger partial charge is 0.123 e. The van der Waals surface area contributed by atoms with Crippen molar-refractivity contribution < 1.29 is 4.39 Å². The Bertz CT molecular complexity index is 333. The van der Waals surface area contributed by atoms with Gasteiger partial charge in [-0.1, -0.05) is 33.6 Å². The third-order valence-corrected chi connectivity index (χ3v) is 3.72. The Hall–Kier alpha value is -1.09. The molecule has 0 spiro atoms. The molecule has 0 aliphatic heterocycles. The highest BCUT2D eigenvalue weighted by atomic mass is 19.1. The second kappa shape index (κ2) is 8.92. The Morgan fingerprint density at radius 3 is 2.26 bits per heavy atom. The van der Waals surface area contributed by atoms with Gasteiger partial charge < -0.3 is 10.2 Å². The zero-order chi connectivity index (χ0) is 14.1. The minimum absolute atomic E-state index is 0.186. The highest BCUT2D eigenvalue weighted by Crippen LogP contribution is 2.10. The topological polar surface area (TPSA) is 15.3 Å². The normalized spacial score (nSPS) is 11.3. The molecule has 0 heterocycles. The van der Waals surface area contributed by atoms with E-state index in [9.17, 15) is 4.39 Å². The molecule has 1 aromatic rings. The maximum absolute atomic E-state index is 12.8. The monoisotopic (exact) mass is 266 g/mol. The van der Waals surface area contributed by atoms with E-state index < -0.39 is 0 Å². The Labute approximate surface area is 117 Å². The fraction of sp³-hybridized carbons (Fsp3) is 0.625. The summed E-state index contributed by atoms with van der Waals surface area (Å²) < 4.78 is 12.8. The van der Waals surface area contributed by atoms with Gasteiger partial charge in [-0.2, -0.15) is 0 Å². The maximum atomic E-state index is 12.8. The van der Waals surface area contributed by atoms with Gasteiger partial charge in [-0.05, 0) is 36.7 Å². The second-order valence-electron chi connectivity index (χ2n) is 5.01. The van der Waals surface area contributed by atoms with Gasteiger partial charge in [-0.15, -0.1) is 0 Å². The molecule has 0 bridgehead atoms. The fourth-order valence-corrected chi connectivity index (χ4v) is 2.22. The summed E-state index contributed by atoms with van der Waals surface area (Å²) in [7, 11) is 0. The molecule has 1 aromatic carbocycles. The first-order valence-corrected chi connectivity index (χ1v) is 7.41. The largest absolute Gasteiger partial charge is 0.384 e. The molecule has 0 amide bonds. The van der Waals surface area contributed by atoms with Crippen molar-refractivity contribution in [2.45, 2.75) is 33.6 Å². The van der Waals surface area contributed by atoms with Gasteiger partial charge >= 0.3 is 0 Å². The van der Waals surface area contributed by atoms with E-state index in [1.165, 1.54) is 31.5 Å². The molecule has 2 nitrogen and oxygen atoms in total. The van der Waals surface area contributed by atoms with Crippen LogP contribution in [-0.2, 0) is 0 Å². The van der Waals surface area contributed by atoms with Crippen LogP contribution in [0.1, 0.15) is 33.6 Å². The number of nitrogens with zero attached hydrogens (tertiary/aromatic N) is 1. The predicted octanol–water partition coefficient (Wildman–Crippen LogP) is 4.00. The summed E-state index contributed by atoms with van der Waals surface area (Å²) in [6, 6.07) is 6.55. The van der Waals surface area contributed by atoms with E-state index in [0.717, 1.165) is 31.2 Å². The molecular formula is C16H27FN2. The molecule has 3 heteroatoms. The molecule has 0 atom stereocenters. The summed E-state index contributed by atoms with van der Waals surface area (Å²) in [5.74, 6) is 0.611. The lowest BCUT2D eigenvalue weighted by Gasteiger charge is -2.25. The first kappa shape index (κ1) is 16.0. The van der Waals surface area contributed by atoms with Crippen molar-refractivity contribution in [3.63, 3.8) is 0 Å². The average Bonchev–Trinajstić information content (AvgIpc) is 2.44. The molecule has 0 radical (unpaired) electrons. The molecular weight excluding hydrogens is 239 g/mol. The molecule has 0 aliphatic carbocycles. The van der Waals surface area contributed by atoms with Crippen LogP contribution in [0.5, 0.6) is 0 Å². The number of hydrogen-bond acceptors (Lipinski definition) is 2. The van der Waals surface area contributed by atoms with E-state index in [0.29, 0.717) is 0 Å². The minimum Gasteiger partial charge on any atom is -0.384 e. The van der Waals surface area contributed by atoms with Gasteiger partial charge in [0.15, 0.2) is 0 Å². The van der Waals surface area contributed by atoms with Gasteiger partial charge in [-0.25, -0.2) is 4.39 Å². The number of nitrogens with one attached hydrogen (secondary N) is 1. The Kier molecular flexibility index (Phi) is 7.49. The first-order valence-electron chi connectivity index (χ1n) is 7.41. The molecule has 0 saturated carbocycles. The summed E-state index contributed by atoms with van der Waals surface area (Å²) in [6.45, 7) is 10.9. The van der Waals surface area contributed by atoms with Crippen LogP contribution >= 0.6 is 0 Å². The molecule has 0 saturated heterocycles. The summed E-state index contributed by atoms with van der Waals surface area (Å²) in [4.78, 5) is 2.48. The SMILES string of the molecule is CCC(CC)CN(CC)CCNc1ccc(F)cc1. The molecule has 0 aromatic heterocycles. The van der Waals surface area contributed by atoms with Crippen molar-refractivity contribution in [3.8, 4) is 0 Å². The Balaban J connectivity index is 2.31. The van der Waals surface area contributed by atoms with Crippen LogP contribution in [0.3, 0.4) is 0 Å². The van der Waals surface area contributed by atoms with Crippen molar-refractivity contribution >= 4 is 5.69 Å². The number of halogens is 1. The first-order chi connectivity index (χ1) is 9.19. The van der Waals surface area contributed by atoms with Crippen LogP contribution in [-0.4, -0.2) is 31.1 Å². The van der Waals surface area contributed by atoms with Gasteiger partial charge in [0.25, 0.3) is 0 Å². The van der Waals surface area contributed by atoms with Crippen molar-refractivity contribution in [3.05, 3.63) is 30.1 Å². The van der Waals surface area contributed by atoms with Crippen LogP contribution in [0.25, 0.3) is 0 Å². The molecule has 1 rings (SSSR count). The van der Waals surface area contributed by atoms with Crippen LogP contribution < -0.4 is 5.32 Å². The van der Waals surface area contributed by atoms with Crippen LogP contribution in [0.4, 0.5) is 10.1 Å². The van der Waals surface area contributed by atoms with E-state index in [1.807, 2.05) is 0 Å². The molecule has 0 fully saturated rings. The second-order valence-corrected chi connectivity index (χ2v) is 5.01. The van der Waals surface area contributed by atoms with Crippen molar-refractivity contribution in [1.82, 2.24) is 4.90 Å². The zero-order valence-electron chi connectivity index (χ0n) is 12.5. The summed E-state index contributed by atoms with van der Waals surface area (Å²) >= 11 is 0. The van der Waals surface area contributed by atoms with E-state index in [-0.39, 0.29) is 5.82 Å². The summed E-state index contributed by atoms with van der Waals surface area (Å²) in [5.41, 5.74) is 0.986. The van der Waals surface area contributed by atoms with Gasteiger partial charge in [0.2, 0.25) is 0 Å². The van der Waals surface area contributed by atoms with Crippen molar-refractivity contribution in [1.29, 1.82) is 0 Å². The lowest BCUT2D eigenvalue weighted by Crippen LogP contribution is -2.33. The van der Waals surface area contributed by atoms with E-state index in [4.69, 9.17) is 0 Å². The molecule has 0 unspecified atom stereocenters. The van der Waals surface area contributed by atoms with Crippen molar-refractivity contribution in [2.75, 3.05) is 31.5 Å². The highest BCUT2D eigenvalue weighted by Gasteiger charge is 2.09. The summed E-state index contributed by atoms with van der Waals surface area (Å²) in [6.07, 6.45) is 2.50. The molecule has 0 aliphatic rings.